The van der Waals surface area contributed by atoms with Crippen LogP contribution in [-0.4, -0.2) is 18.6 Å². The quantitative estimate of drug-likeness (QED) is 0.918. The number of nitrogens with two attached hydrogens (primary N) is 1. The van der Waals surface area contributed by atoms with Gasteiger partial charge in [0.05, 0.1) is 3.79 Å². The Labute approximate surface area is 120 Å². The molecule has 0 aliphatic carbocycles. The lowest BCUT2D eigenvalue weighted by Gasteiger charge is -2.20. The summed E-state index contributed by atoms with van der Waals surface area (Å²) in [5.74, 6) is 1.02. The highest BCUT2D eigenvalue weighted by atomic mass is 79.9. The molecule has 0 atom stereocenters. The summed E-state index contributed by atoms with van der Waals surface area (Å²) < 4.78 is 1.16. The zero-order valence-electron chi connectivity index (χ0n) is 10.3. The molecule has 3 nitrogen and oxygen atoms in total. The van der Waals surface area contributed by atoms with E-state index in [0.717, 1.165) is 22.6 Å². The maximum atomic E-state index is 5.63. The lowest BCUT2D eigenvalue weighted by Crippen LogP contribution is -2.20. The first-order chi connectivity index (χ1) is 8.70. The zero-order chi connectivity index (χ0) is 13.0. The Bertz CT molecular complexity index is 512. The highest BCUT2D eigenvalue weighted by molar-refractivity contribution is 9.11. The van der Waals surface area contributed by atoms with Gasteiger partial charge in [0, 0.05) is 19.8 Å². The maximum Gasteiger partial charge on any atom is 0.131 e. The molecule has 96 valence electrons. The van der Waals surface area contributed by atoms with Gasteiger partial charge in [0.2, 0.25) is 0 Å². The molecule has 2 N–H and O–H groups in total. The number of halogens is 1. The summed E-state index contributed by atoms with van der Waals surface area (Å²) in [5, 5.41) is 2.16. The van der Waals surface area contributed by atoms with E-state index >= 15 is 0 Å². The van der Waals surface area contributed by atoms with Crippen LogP contribution >= 0.6 is 27.3 Å². The second-order valence-electron chi connectivity index (χ2n) is 4.14. The third kappa shape index (κ3) is 3.31. The maximum absolute atomic E-state index is 5.63. The normalized spacial score (nSPS) is 10.6. The minimum Gasteiger partial charge on any atom is -0.355 e. The molecule has 0 saturated carbocycles. The number of rotatable bonds is 5. The minimum absolute atomic E-state index is 0.649. The van der Waals surface area contributed by atoms with Crippen LogP contribution in [0.2, 0.25) is 0 Å². The summed E-state index contributed by atoms with van der Waals surface area (Å²) >= 11 is 5.19. The standard InChI is InChI=1S/C13H16BrN3S/c1-17(8-10-7-12(14)18-9-10)13-11(4-5-15)3-2-6-16-13/h2-3,6-7,9H,4-5,8,15H2,1H3. The fraction of sp³-hybridized carbons (Fsp3) is 0.308. The molecular formula is C13H16BrN3S. The number of hydrogen-bond acceptors (Lipinski definition) is 4. The molecule has 2 rings (SSSR count). The molecule has 0 radical (unpaired) electrons. The van der Waals surface area contributed by atoms with Crippen molar-refractivity contribution in [2.75, 3.05) is 18.5 Å². The summed E-state index contributed by atoms with van der Waals surface area (Å²) in [7, 11) is 2.06. The molecule has 0 spiro atoms. The van der Waals surface area contributed by atoms with Gasteiger partial charge < -0.3 is 10.6 Å². The van der Waals surface area contributed by atoms with Gasteiger partial charge in [0.25, 0.3) is 0 Å². The van der Waals surface area contributed by atoms with E-state index in [9.17, 15) is 0 Å². The highest BCUT2D eigenvalue weighted by Gasteiger charge is 2.09. The third-order valence-electron chi connectivity index (χ3n) is 2.68. The van der Waals surface area contributed by atoms with Crippen LogP contribution in [0.25, 0.3) is 0 Å². The molecule has 2 aromatic rings. The summed E-state index contributed by atoms with van der Waals surface area (Å²) in [6, 6.07) is 6.20. The molecule has 0 fully saturated rings. The monoisotopic (exact) mass is 325 g/mol. The van der Waals surface area contributed by atoms with Gasteiger partial charge in [0.15, 0.2) is 0 Å². The van der Waals surface area contributed by atoms with E-state index in [1.807, 2.05) is 12.3 Å². The summed E-state index contributed by atoms with van der Waals surface area (Å²) in [6.45, 7) is 1.51. The average molecular weight is 326 g/mol. The molecule has 0 aliphatic rings. The zero-order valence-corrected chi connectivity index (χ0v) is 12.7. The van der Waals surface area contributed by atoms with Crippen molar-refractivity contribution in [2.45, 2.75) is 13.0 Å². The molecule has 5 heteroatoms. The summed E-state index contributed by atoms with van der Waals surface area (Å²) in [5.41, 5.74) is 8.13. The number of pyridine rings is 1. The van der Waals surface area contributed by atoms with E-state index in [1.54, 1.807) is 11.3 Å². The van der Waals surface area contributed by atoms with Crippen LogP contribution in [0.3, 0.4) is 0 Å². The number of thiophene rings is 1. The Hall–Kier alpha value is -0.910. The van der Waals surface area contributed by atoms with E-state index in [-0.39, 0.29) is 0 Å². The first kappa shape index (κ1) is 13.5. The van der Waals surface area contributed by atoms with Crippen LogP contribution in [0.1, 0.15) is 11.1 Å². The van der Waals surface area contributed by atoms with Gasteiger partial charge in [0.1, 0.15) is 5.82 Å². The Morgan fingerprint density at radius 2 is 2.33 bits per heavy atom. The Kier molecular flexibility index (Phi) is 4.74. The van der Waals surface area contributed by atoms with Crippen molar-refractivity contribution in [3.05, 3.63) is 44.7 Å². The van der Waals surface area contributed by atoms with Crippen molar-refractivity contribution in [3.8, 4) is 0 Å². The van der Waals surface area contributed by atoms with E-state index in [4.69, 9.17) is 5.73 Å². The minimum atomic E-state index is 0.649. The molecule has 0 amide bonds. The Morgan fingerprint density at radius 3 is 3.00 bits per heavy atom. The molecule has 0 bridgehead atoms. The lowest BCUT2D eigenvalue weighted by atomic mass is 10.1. The Balaban J connectivity index is 2.15. The van der Waals surface area contributed by atoms with Crippen molar-refractivity contribution in [1.29, 1.82) is 0 Å². The molecule has 0 aliphatic heterocycles. The third-order valence-corrected chi connectivity index (χ3v) is 4.24. The largest absolute Gasteiger partial charge is 0.355 e. The van der Waals surface area contributed by atoms with Crippen LogP contribution in [0.5, 0.6) is 0 Å². The van der Waals surface area contributed by atoms with Crippen LogP contribution in [0, 0.1) is 0 Å². The number of anilines is 1. The second-order valence-corrected chi connectivity index (χ2v) is 6.43. The van der Waals surface area contributed by atoms with Gasteiger partial charge in [-0.1, -0.05) is 6.07 Å². The van der Waals surface area contributed by atoms with Crippen LogP contribution in [-0.2, 0) is 13.0 Å². The van der Waals surface area contributed by atoms with Crippen LogP contribution in [0.4, 0.5) is 5.82 Å². The smallest absolute Gasteiger partial charge is 0.131 e. The van der Waals surface area contributed by atoms with E-state index < -0.39 is 0 Å². The van der Waals surface area contributed by atoms with E-state index in [0.29, 0.717) is 6.54 Å². The fourth-order valence-corrected chi connectivity index (χ4v) is 3.10. The van der Waals surface area contributed by atoms with Gasteiger partial charge in [-0.25, -0.2) is 4.98 Å². The molecule has 0 saturated heterocycles. The van der Waals surface area contributed by atoms with Gasteiger partial charge in [-0.2, -0.15) is 0 Å². The van der Waals surface area contributed by atoms with Crippen LogP contribution in [0.15, 0.2) is 33.6 Å². The number of nitrogens with zero attached hydrogens (tertiary/aromatic N) is 2. The van der Waals surface area contributed by atoms with E-state index in [2.05, 4.69) is 50.4 Å². The van der Waals surface area contributed by atoms with Gasteiger partial charge >= 0.3 is 0 Å². The summed E-state index contributed by atoms with van der Waals surface area (Å²) in [6.07, 6.45) is 2.69. The number of hydrogen-bond donors (Lipinski definition) is 1. The average Bonchev–Trinajstić information content (AvgIpc) is 2.76. The topological polar surface area (TPSA) is 42.2 Å². The fourth-order valence-electron chi connectivity index (χ4n) is 1.90. The predicted octanol–water partition coefficient (Wildman–Crippen LogP) is 3.04. The van der Waals surface area contributed by atoms with Crippen LogP contribution < -0.4 is 10.6 Å². The SMILES string of the molecule is CN(Cc1csc(Br)c1)c1ncccc1CCN. The molecule has 2 aromatic heterocycles. The van der Waals surface area contributed by atoms with Gasteiger partial charge in [-0.05, 0) is 57.5 Å². The van der Waals surface area contributed by atoms with Crippen molar-refractivity contribution in [2.24, 2.45) is 5.73 Å². The first-order valence-corrected chi connectivity index (χ1v) is 7.46. The summed E-state index contributed by atoms with van der Waals surface area (Å²) in [4.78, 5) is 6.63. The highest BCUT2D eigenvalue weighted by Crippen LogP contribution is 2.24. The molecule has 0 unspecified atom stereocenters. The van der Waals surface area contributed by atoms with Crippen molar-refractivity contribution < 1.29 is 0 Å². The van der Waals surface area contributed by atoms with Gasteiger partial charge in [-0.15, -0.1) is 11.3 Å². The second kappa shape index (κ2) is 6.31. The van der Waals surface area contributed by atoms with Crippen molar-refractivity contribution in [1.82, 2.24) is 4.98 Å². The molecule has 0 aromatic carbocycles. The predicted molar refractivity (Wildman–Crippen MR) is 81.1 cm³/mol. The number of aromatic nitrogens is 1. The van der Waals surface area contributed by atoms with Crippen molar-refractivity contribution >= 4 is 33.1 Å². The van der Waals surface area contributed by atoms with Gasteiger partial charge in [-0.3, -0.25) is 0 Å². The Morgan fingerprint density at radius 1 is 1.50 bits per heavy atom. The van der Waals surface area contributed by atoms with E-state index in [1.165, 1.54) is 11.1 Å². The molecule has 2 heterocycles. The lowest BCUT2D eigenvalue weighted by molar-refractivity contribution is 0.869. The first-order valence-electron chi connectivity index (χ1n) is 5.78. The van der Waals surface area contributed by atoms with Crippen molar-refractivity contribution in [3.63, 3.8) is 0 Å². The molecular weight excluding hydrogens is 310 g/mol. The molecule has 18 heavy (non-hydrogen) atoms.